The second-order valence-corrected chi connectivity index (χ2v) is 16.5. The standard InChI is InChI=1S/C34H48FN2O8P/c1-8-43-46(42)22-21-36(23-26-13-9-10-14-28(26)25-15-17-27(35)18-16-25)24-34(46,29(38)39)19-11-12-20-37(30(40)44-32(2,3)4)31(41)45-33(5,6)7/h9-10,13-18H,8,11-12,19-24H2,1-7H3,(H,38,39). The van der Waals surface area contributed by atoms with E-state index in [9.17, 15) is 28.4 Å². The van der Waals surface area contributed by atoms with Crippen molar-refractivity contribution >= 4 is 25.5 Å². The summed E-state index contributed by atoms with van der Waals surface area (Å²) in [7, 11) is -3.67. The number of imide groups is 1. The Morgan fingerprint density at radius 3 is 2.09 bits per heavy atom. The lowest BCUT2D eigenvalue weighted by molar-refractivity contribution is -0.141. The van der Waals surface area contributed by atoms with Crippen LogP contribution in [0.1, 0.15) is 73.3 Å². The molecule has 1 aliphatic rings. The molecule has 0 aromatic heterocycles. The van der Waals surface area contributed by atoms with E-state index in [2.05, 4.69) is 0 Å². The number of hydrogen-bond acceptors (Lipinski definition) is 8. The number of benzene rings is 2. The summed E-state index contributed by atoms with van der Waals surface area (Å²) >= 11 is 0. The number of ether oxygens (including phenoxy) is 2. The minimum absolute atomic E-state index is 0.00615. The van der Waals surface area contributed by atoms with Crippen LogP contribution in [-0.2, 0) is 29.9 Å². The number of carbonyl (C=O) groups is 3. The van der Waals surface area contributed by atoms with Gasteiger partial charge < -0.3 is 19.1 Å². The van der Waals surface area contributed by atoms with E-state index in [4.69, 9.17) is 14.0 Å². The van der Waals surface area contributed by atoms with Gasteiger partial charge in [0.15, 0.2) is 5.16 Å². The number of carboxylic acids is 1. The Morgan fingerprint density at radius 2 is 1.54 bits per heavy atom. The summed E-state index contributed by atoms with van der Waals surface area (Å²) < 4.78 is 44.5. The minimum Gasteiger partial charge on any atom is -0.480 e. The molecule has 1 saturated heterocycles. The largest absolute Gasteiger partial charge is 0.480 e. The van der Waals surface area contributed by atoms with Gasteiger partial charge in [0.05, 0.1) is 6.61 Å². The third-order valence-corrected chi connectivity index (χ3v) is 10.9. The van der Waals surface area contributed by atoms with E-state index in [0.717, 1.165) is 21.6 Å². The first-order valence-corrected chi connectivity index (χ1v) is 17.5. The smallest absolute Gasteiger partial charge is 0.419 e. The number of rotatable bonds is 11. The van der Waals surface area contributed by atoms with Crippen molar-refractivity contribution in [1.29, 1.82) is 0 Å². The Morgan fingerprint density at radius 1 is 0.957 bits per heavy atom. The average molecular weight is 663 g/mol. The van der Waals surface area contributed by atoms with Gasteiger partial charge in [0.25, 0.3) is 0 Å². The summed E-state index contributed by atoms with van der Waals surface area (Å²) in [5.74, 6) is -1.55. The van der Waals surface area contributed by atoms with Crippen LogP contribution in [0.15, 0.2) is 48.5 Å². The van der Waals surface area contributed by atoms with Crippen LogP contribution < -0.4 is 0 Å². The van der Waals surface area contributed by atoms with Crippen LogP contribution in [0.2, 0.25) is 0 Å². The maximum absolute atomic E-state index is 14.3. The monoisotopic (exact) mass is 662 g/mol. The van der Waals surface area contributed by atoms with E-state index >= 15 is 0 Å². The van der Waals surface area contributed by atoms with Crippen LogP contribution in [0.25, 0.3) is 11.1 Å². The molecule has 0 bridgehead atoms. The SMILES string of the molecule is CCOP1(=O)CCN(Cc2ccccc2-c2ccc(F)cc2)CC1(CCCCN(C(=O)OC(C)(C)C)C(=O)OC(C)(C)C)C(=O)O. The molecule has 0 aliphatic carbocycles. The van der Waals surface area contributed by atoms with E-state index in [0.29, 0.717) is 13.1 Å². The zero-order chi connectivity index (χ0) is 34.3. The second-order valence-electron chi connectivity index (χ2n) is 13.6. The van der Waals surface area contributed by atoms with Crippen molar-refractivity contribution in [2.45, 2.75) is 90.6 Å². The fraction of sp³-hybridized carbons (Fsp3) is 0.559. The molecule has 3 rings (SSSR count). The highest BCUT2D eigenvalue weighted by Crippen LogP contribution is 2.63. The van der Waals surface area contributed by atoms with Gasteiger partial charge in [0.2, 0.25) is 7.37 Å². The van der Waals surface area contributed by atoms with Crippen LogP contribution in [0.4, 0.5) is 14.0 Å². The molecule has 254 valence electrons. The van der Waals surface area contributed by atoms with Gasteiger partial charge in [-0.05, 0) is 96.6 Å². The molecule has 0 spiro atoms. The second kappa shape index (κ2) is 15.1. The van der Waals surface area contributed by atoms with Crippen LogP contribution in [0, 0.1) is 5.82 Å². The highest BCUT2D eigenvalue weighted by atomic mass is 31.2. The third kappa shape index (κ3) is 9.62. The maximum Gasteiger partial charge on any atom is 0.419 e. The topological polar surface area (TPSA) is 123 Å². The summed E-state index contributed by atoms with van der Waals surface area (Å²) in [6.45, 7) is 12.6. The summed E-state index contributed by atoms with van der Waals surface area (Å²) in [6, 6.07) is 13.9. The van der Waals surface area contributed by atoms with Crippen molar-refractivity contribution < 1.29 is 42.4 Å². The van der Waals surface area contributed by atoms with Crippen molar-refractivity contribution in [1.82, 2.24) is 9.80 Å². The van der Waals surface area contributed by atoms with Crippen LogP contribution in [0.5, 0.6) is 0 Å². The Hall–Kier alpha value is -3.27. The zero-order valence-electron chi connectivity index (χ0n) is 28.0. The van der Waals surface area contributed by atoms with Gasteiger partial charge in [0.1, 0.15) is 17.0 Å². The average Bonchev–Trinajstić information content (AvgIpc) is 2.93. The number of unbranched alkanes of at least 4 members (excludes halogenated alkanes) is 1. The molecule has 1 aliphatic heterocycles. The summed E-state index contributed by atoms with van der Waals surface area (Å²) in [6.07, 6.45) is -1.19. The van der Waals surface area contributed by atoms with E-state index in [1.165, 1.54) is 12.1 Å². The number of halogens is 1. The van der Waals surface area contributed by atoms with Crippen LogP contribution in [-0.4, -0.2) is 81.8 Å². The van der Waals surface area contributed by atoms with E-state index in [1.54, 1.807) is 60.6 Å². The van der Waals surface area contributed by atoms with Gasteiger partial charge in [-0.2, -0.15) is 0 Å². The molecular formula is C34H48FN2O8P. The Balaban J connectivity index is 1.83. The fourth-order valence-electron chi connectivity index (χ4n) is 5.53. The van der Waals surface area contributed by atoms with Gasteiger partial charge in [-0.25, -0.2) is 18.9 Å². The molecule has 2 atom stereocenters. The molecular weight excluding hydrogens is 614 g/mol. The molecule has 1 fully saturated rings. The van der Waals surface area contributed by atoms with Crippen molar-refractivity contribution in [3.63, 3.8) is 0 Å². The van der Waals surface area contributed by atoms with Crippen molar-refractivity contribution in [3.8, 4) is 11.1 Å². The molecule has 2 amide bonds. The summed E-state index contributed by atoms with van der Waals surface area (Å²) in [4.78, 5) is 41.8. The van der Waals surface area contributed by atoms with Gasteiger partial charge in [-0.15, -0.1) is 0 Å². The Kier molecular flexibility index (Phi) is 12.2. The van der Waals surface area contributed by atoms with E-state index in [1.807, 2.05) is 29.2 Å². The molecule has 0 radical (unpaired) electrons. The van der Waals surface area contributed by atoms with Crippen molar-refractivity contribution in [2.75, 3.05) is 32.4 Å². The Bertz CT molecular complexity index is 1390. The van der Waals surface area contributed by atoms with Gasteiger partial charge >= 0.3 is 18.2 Å². The van der Waals surface area contributed by atoms with Gasteiger partial charge in [-0.1, -0.05) is 36.4 Å². The number of carboxylic acid groups (broad SMARTS) is 1. The normalized spacial score (nSPS) is 20.6. The number of hydrogen-bond donors (Lipinski definition) is 1. The first-order chi connectivity index (χ1) is 21.4. The summed E-state index contributed by atoms with van der Waals surface area (Å²) in [5, 5.41) is 8.96. The molecule has 0 saturated carbocycles. The lowest BCUT2D eigenvalue weighted by Gasteiger charge is -2.45. The quantitative estimate of drug-likeness (QED) is 0.190. The lowest BCUT2D eigenvalue weighted by atomic mass is 9.97. The van der Waals surface area contributed by atoms with Crippen LogP contribution in [0.3, 0.4) is 0 Å². The van der Waals surface area contributed by atoms with Crippen molar-refractivity contribution in [2.24, 2.45) is 0 Å². The predicted octanol–water partition coefficient (Wildman–Crippen LogP) is 7.79. The number of aliphatic carboxylic acids is 1. The highest BCUT2D eigenvalue weighted by Gasteiger charge is 2.58. The molecule has 1 N–H and O–H groups in total. The zero-order valence-corrected chi connectivity index (χ0v) is 28.9. The third-order valence-electron chi connectivity index (χ3n) is 7.60. The van der Waals surface area contributed by atoms with E-state index in [-0.39, 0.29) is 50.9 Å². The Labute approximate surface area is 271 Å². The first-order valence-electron chi connectivity index (χ1n) is 15.7. The molecule has 2 aromatic carbocycles. The molecule has 46 heavy (non-hydrogen) atoms. The summed E-state index contributed by atoms with van der Waals surface area (Å²) in [5.41, 5.74) is 0.946. The van der Waals surface area contributed by atoms with Gasteiger partial charge in [-0.3, -0.25) is 14.3 Å². The lowest BCUT2D eigenvalue weighted by Crippen LogP contribution is -2.54. The van der Waals surface area contributed by atoms with Crippen molar-refractivity contribution in [3.05, 3.63) is 59.9 Å². The predicted molar refractivity (Wildman–Crippen MR) is 175 cm³/mol. The first kappa shape index (κ1) is 37.2. The van der Waals surface area contributed by atoms with Gasteiger partial charge in [0, 0.05) is 32.3 Å². The maximum atomic E-state index is 14.3. The number of nitrogens with zero attached hydrogens (tertiary/aromatic N) is 2. The number of amides is 2. The molecule has 2 unspecified atom stereocenters. The molecule has 12 heteroatoms. The number of carbonyl (C=O) groups excluding carboxylic acids is 2. The fourth-order valence-corrected chi connectivity index (χ4v) is 8.51. The molecule has 10 nitrogen and oxygen atoms in total. The van der Waals surface area contributed by atoms with Crippen LogP contribution >= 0.6 is 7.37 Å². The highest BCUT2D eigenvalue weighted by molar-refractivity contribution is 7.62. The van der Waals surface area contributed by atoms with E-state index < -0.39 is 41.9 Å². The molecule has 1 heterocycles. The molecule has 2 aromatic rings. The minimum atomic E-state index is -3.67.